The second kappa shape index (κ2) is 6.64. The molecule has 18 heavy (non-hydrogen) atoms. The average Bonchev–Trinajstić information content (AvgIpc) is 2.36. The number of benzene rings is 1. The van der Waals surface area contributed by atoms with Crippen molar-refractivity contribution in [3.8, 4) is 0 Å². The molecule has 1 aromatic rings. The van der Waals surface area contributed by atoms with E-state index in [4.69, 9.17) is 5.11 Å². The Labute approximate surface area is 106 Å². The highest BCUT2D eigenvalue weighted by Crippen LogP contribution is 2.08. The molecule has 0 aromatic heterocycles. The lowest BCUT2D eigenvalue weighted by atomic mass is 10.1. The fraction of sp³-hybridized carbons (Fsp3) is 0.385. The lowest BCUT2D eigenvalue weighted by Gasteiger charge is -2.12. The summed E-state index contributed by atoms with van der Waals surface area (Å²) in [5, 5.41) is 13.6. The molecule has 0 spiro atoms. The maximum atomic E-state index is 11.4. The number of urea groups is 1. The fourth-order valence-corrected chi connectivity index (χ4v) is 1.56. The molecule has 0 saturated heterocycles. The summed E-state index contributed by atoms with van der Waals surface area (Å²) in [6, 6.07) is 6.44. The Morgan fingerprint density at radius 1 is 1.28 bits per heavy atom. The number of aliphatic carboxylic acids is 1. The topological polar surface area (TPSA) is 78.4 Å². The smallest absolute Gasteiger partial charge is 0.325 e. The van der Waals surface area contributed by atoms with Gasteiger partial charge >= 0.3 is 12.0 Å². The van der Waals surface area contributed by atoms with Crippen LogP contribution >= 0.6 is 0 Å². The van der Waals surface area contributed by atoms with Crippen molar-refractivity contribution in [2.24, 2.45) is 0 Å². The van der Waals surface area contributed by atoms with Crippen molar-refractivity contribution in [2.45, 2.75) is 32.9 Å². The number of nitrogens with one attached hydrogen (secondary N) is 2. The van der Waals surface area contributed by atoms with Crippen LogP contribution in [0.5, 0.6) is 0 Å². The third kappa shape index (κ3) is 4.08. The minimum Gasteiger partial charge on any atom is -0.480 e. The van der Waals surface area contributed by atoms with E-state index in [0.717, 1.165) is 12.0 Å². The molecule has 0 aliphatic carbocycles. The van der Waals surface area contributed by atoms with Gasteiger partial charge in [-0.2, -0.15) is 0 Å². The number of carbonyl (C=O) groups is 2. The summed E-state index contributed by atoms with van der Waals surface area (Å²) in [6.07, 6.45) is 0.894. The summed E-state index contributed by atoms with van der Waals surface area (Å²) in [5.74, 6) is -1.06. The molecule has 0 radical (unpaired) electrons. The highest BCUT2D eigenvalue weighted by atomic mass is 16.4. The highest BCUT2D eigenvalue weighted by Gasteiger charge is 2.13. The number of amides is 2. The molecule has 1 atom stereocenters. The van der Waals surface area contributed by atoms with Gasteiger partial charge in [0.15, 0.2) is 0 Å². The summed E-state index contributed by atoms with van der Waals surface area (Å²) < 4.78 is 0. The number of aryl methyl sites for hydroxylation is 1. The van der Waals surface area contributed by atoms with E-state index in [-0.39, 0.29) is 0 Å². The Morgan fingerprint density at radius 3 is 2.44 bits per heavy atom. The van der Waals surface area contributed by atoms with Gasteiger partial charge < -0.3 is 15.7 Å². The quantitative estimate of drug-likeness (QED) is 0.741. The Kier molecular flexibility index (Phi) is 5.17. The van der Waals surface area contributed by atoms with E-state index in [1.54, 1.807) is 0 Å². The molecule has 0 fully saturated rings. The van der Waals surface area contributed by atoms with Gasteiger partial charge in [-0.15, -0.1) is 0 Å². The largest absolute Gasteiger partial charge is 0.480 e. The maximum absolute atomic E-state index is 11.4. The number of rotatable bonds is 5. The molecule has 2 amide bonds. The Bertz CT molecular complexity index is 432. The monoisotopic (exact) mass is 250 g/mol. The SMILES string of the molecule is CCc1ccccc1CNC(=O)NC(C)C(=O)O. The van der Waals surface area contributed by atoms with E-state index in [0.29, 0.717) is 6.54 Å². The summed E-state index contributed by atoms with van der Waals surface area (Å²) in [7, 11) is 0. The molecule has 0 aliphatic heterocycles. The molecule has 5 nitrogen and oxygen atoms in total. The number of hydrogen-bond donors (Lipinski definition) is 3. The van der Waals surface area contributed by atoms with Crippen molar-refractivity contribution < 1.29 is 14.7 Å². The molecular weight excluding hydrogens is 232 g/mol. The summed E-state index contributed by atoms with van der Waals surface area (Å²) in [4.78, 5) is 22.0. The lowest BCUT2D eigenvalue weighted by molar-refractivity contribution is -0.138. The molecule has 1 unspecified atom stereocenters. The zero-order chi connectivity index (χ0) is 13.5. The second-order valence-corrected chi connectivity index (χ2v) is 4.01. The van der Waals surface area contributed by atoms with Crippen LogP contribution in [0.4, 0.5) is 4.79 Å². The molecule has 3 N–H and O–H groups in total. The first-order valence-electron chi connectivity index (χ1n) is 5.88. The molecular formula is C13H18N2O3. The van der Waals surface area contributed by atoms with E-state index in [1.165, 1.54) is 12.5 Å². The van der Waals surface area contributed by atoms with Gasteiger partial charge in [-0.05, 0) is 24.5 Å². The van der Waals surface area contributed by atoms with E-state index < -0.39 is 18.0 Å². The van der Waals surface area contributed by atoms with Gasteiger partial charge in [0.1, 0.15) is 6.04 Å². The molecule has 5 heteroatoms. The van der Waals surface area contributed by atoms with Gasteiger partial charge in [0, 0.05) is 6.54 Å². The van der Waals surface area contributed by atoms with E-state index in [1.807, 2.05) is 31.2 Å². The molecule has 0 saturated carbocycles. The second-order valence-electron chi connectivity index (χ2n) is 4.01. The van der Waals surface area contributed by atoms with Crippen LogP contribution in [0.15, 0.2) is 24.3 Å². The average molecular weight is 250 g/mol. The van der Waals surface area contributed by atoms with Gasteiger partial charge in [-0.25, -0.2) is 4.79 Å². The molecule has 1 rings (SSSR count). The first-order valence-corrected chi connectivity index (χ1v) is 5.88. The van der Waals surface area contributed by atoms with Crippen molar-refractivity contribution in [1.82, 2.24) is 10.6 Å². The third-order valence-electron chi connectivity index (χ3n) is 2.66. The van der Waals surface area contributed by atoms with Crippen LogP contribution in [0.3, 0.4) is 0 Å². The van der Waals surface area contributed by atoms with Crippen molar-refractivity contribution >= 4 is 12.0 Å². The normalized spacial score (nSPS) is 11.7. The van der Waals surface area contributed by atoms with Gasteiger partial charge in [-0.3, -0.25) is 4.79 Å². The zero-order valence-electron chi connectivity index (χ0n) is 10.6. The Balaban J connectivity index is 2.50. The van der Waals surface area contributed by atoms with Gasteiger partial charge in [0.2, 0.25) is 0 Å². The minimum atomic E-state index is -1.06. The van der Waals surface area contributed by atoms with Crippen LogP contribution in [0, 0.1) is 0 Å². The molecule has 0 bridgehead atoms. The summed E-state index contributed by atoms with van der Waals surface area (Å²) in [5.41, 5.74) is 2.21. The van der Waals surface area contributed by atoms with Crippen LogP contribution < -0.4 is 10.6 Å². The van der Waals surface area contributed by atoms with Crippen molar-refractivity contribution in [3.63, 3.8) is 0 Å². The highest BCUT2D eigenvalue weighted by molar-refractivity contribution is 5.82. The van der Waals surface area contributed by atoms with E-state index in [2.05, 4.69) is 10.6 Å². The maximum Gasteiger partial charge on any atom is 0.325 e. The fourth-order valence-electron chi connectivity index (χ4n) is 1.56. The zero-order valence-corrected chi connectivity index (χ0v) is 10.6. The van der Waals surface area contributed by atoms with Gasteiger partial charge in [0.05, 0.1) is 0 Å². The van der Waals surface area contributed by atoms with Gasteiger partial charge in [0.25, 0.3) is 0 Å². The Morgan fingerprint density at radius 2 is 1.89 bits per heavy atom. The Hall–Kier alpha value is -2.04. The number of carbonyl (C=O) groups excluding carboxylic acids is 1. The minimum absolute atomic E-state index is 0.391. The van der Waals surface area contributed by atoms with Gasteiger partial charge in [-0.1, -0.05) is 31.2 Å². The summed E-state index contributed by atoms with van der Waals surface area (Å²) in [6.45, 7) is 3.86. The van der Waals surface area contributed by atoms with Crippen molar-refractivity contribution in [3.05, 3.63) is 35.4 Å². The van der Waals surface area contributed by atoms with Crippen LogP contribution in [-0.2, 0) is 17.8 Å². The van der Waals surface area contributed by atoms with Crippen molar-refractivity contribution in [1.29, 1.82) is 0 Å². The van der Waals surface area contributed by atoms with E-state index >= 15 is 0 Å². The van der Waals surface area contributed by atoms with Crippen molar-refractivity contribution in [2.75, 3.05) is 0 Å². The number of carboxylic acids is 1. The predicted octanol–water partition coefficient (Wildman–Crippen LogP) is 1.52. The third-order valence-corrected chi connectivity index (χ3v) is 2.66. The molecule has 1 aromatic carbocycles. The molecule has 0 aliphatic rings. The van der Waals surface area contributed by atoms with Crippen LogP contribution in [-0.4, -0.2) is 23.1 Å². The number of hydrogen-bond acceptors (Lipinski definition) is 2. The predicted molar refractivity (Wildman–Crippen MR) is 68.3 cm³/mol. The van der Waals surface area contributed by atoms with Crippen LogP contribution in [0.25, 0.3) is 0 Å². The standard InChI is InChI=1S/C13H18N2O3/c1-3-10-6-4-5-7-11(10)8-14-13(18)15-9(2)12(16)17/h4-7,9H,3,8H2,1-2H3,(H,16,17)(H2,14,15,18). The van der Waals surface area contributed by atoms with Crippen LogP contribution in [0.1, 0.15) is 25.0 Å². The lowest BCUT2D eigenvalue weighted by Crippen LogP contribution is -2.44. The first kappa shape index (κ1) is 14.0. The van der Waals surface area contributed by atoms with E-state index in [9.17, 15) is 9.59 Å². The first-order chi connectivity index (χ1) is 8.54. The molecule has 98 valence electrons. The number of carboxylic acid groups (broad SMARTS) is 1. The molecule has 0 heterocycles. The van der Waals surface area contributed by atoms with Crippen LogP contribution in [0.2, 0.25) is 0 Å². The summed E-state index contributed by atoms with van der Waals surface area (Å²) >= 11 is 0.